The fourth-order valence-corrected chi connectivity index (χ4v) is 6.78. The van der Waals surface area contributed by atoms with Crippen LogP contribution in [0.1, 0.15) is 34.1 Å². The number of aryl methyl sites for hydroxylation is 1. The summed E-state index contributed by atoms with van der Waals surface area (Å²) in [6.45, 7) is 4.64. The minimum absolute atomic E-state index is 0.142. The first-order chi connectivity index (χ1) is 18.9. The van der Waals surface area contributed by atoms with Gasteiger partial charge in [0.1, 0.15) is 0 Å². The molecule has 0 fully saturated rings. The zero-order valence-electron chi connectivity index (χ0n) is 21.7. The van der Waals surface area contributed by atoms with Gasteiger partial charge >= 0.3 is 0 Å². The lowest BCUT2D eigenvalue weighted by molar-refractivity contribution is 0.0984. The van der Waals surface area contributed by atoms with Gasteiger partial charge in [-0.3, -0.25) is 14.7 Å². The Morgan fingerprint density at radius 2 is 1.62 bits per heavy atom. The van der Waals surface area contributed by atoms with E-state index in [1.54, 1.807) is 23.2 Å². The highest BCUT2D eigenvalue weighted by Crippen LogP contribution is 2.32. The summed E-state index contributed by atoms with van der Waals surface area (Å²) >= 11 is 1.44. The maximum atomic E-state index is 13.8. The van der Waals surface area contributed by atoms with E-state index < -0.39 is 10.0 Å². The Kier molecular flexibility index (Phi) is 7.83. The number of fused-ring (bicyclic) bond motifs is 1. The topological polar surface area (TPSA) is 83.5 Å². The fraction of sp³-hybridized carbons (Fsp3) is 0.167. The van der Waals surface area contributed by atoms with Crippen molar-refractivity contribution in [2.75, 3.05) is 11.4 Å². The van der Waals surface area contributed by atoms with Crippen LogP contribution in [0.25, 0.3) is 10.2 Å². The summed E-state index contributed by atoms with van der Waals surface area (Å²) in [5.74, 6) is -0.280. The highest BCUT2D eigenvalue weighted by molar-refractivity contribution is 7.89. The molecule has 0 atom stereocenters. The van der Waals surface area contributed by atoms with Crippen molar-refractivity contribution in [1.82, 2.24) is 14.3 Å². The van der Waals surface area contributed by atoms with Gasteiger partial charge in [-0.05, 0) is 60.5 Å². The van der Waals surface area contributed by atoms with E-state index in [1.807, 2.05) is 80.6 Å². The molecule has 9 heteroatoms. The van der Waals surface area contributed by atoms with Crippen molar-refractivity contribution in [1.29, 1.82) is 0 Å². The zero-order chi connectivity index (χ0) is 27.4. The normalized spacial score (nSPS) is 11.7. The third kappa shape index (κ3) is 5.75. The summed E-state index contributed by atoms with van der Waals surface area (Å²) in [7, 11) is -3.75. The standard InChI is InChI=1S/C30H28N4O3S2/c1-3-33(20-23-11-5-4-6-12-23)39(36,37)26-17-15-24(16-18-26)29(35)34(21-25-13-7-8-19-31-25)30-32-28-22(2)10-9-14-27(28)38-30/h4-19H,3,20-21H2,1-2H3. The molecule has 0 unspecified atom stereocenters. The first-order valence-corrected chi connectivity index (χ1v) is 14.8. The molecular formula is C30H28N4O3S2. The zero-order valence-corrected chi connectivity index (χ0v) is 23.3. The van der Waals surface area contributed by atoms with Gasteiger partial charge < -0.3 is 0 Å². The number of aromatic nitrogens is 2. The monoisotopic (exact) mass is 556 g/mol. The number of amides is 1. The molecule has 0 N–H and O–H groups in total. The molecule has 5 rings (SSSR count). The minimum Gasteiger partial charge on any atom is -0.278 e. The van der Waals surface area contributed by atoms with Crippen molar-refractivity contribution in [2.24, 2.45) is 0 Å². The number of benzene rings is 3. The smallest absolute Gasteiger partial charge is 0.260 e. The number of hydrogen-bond donors (Lipinski definition) is 0. The van der Waals surface area contributed by atoms with Crippen LogP contribution in [0.3, 0.4) is 0 Å². The number of anilines is 1. The van der Waals surface area contributed by atoms with Gasteiger partial charge in [-0.15, -0.1) is 0 Å². The largest absolute Gasteiger partial charge is 0.278 e. The predicted molar refractivity (Wildman–Crippen MR) is 155 cm³/mol. The maximum Gasteiger partial charge on any atom is 0.260 e. The van der Waals surface area contributed by atoms with Crippen LogP contribution in [0.15, 0.2) is 102 Å². The van der Waals surface area contributed by atoms with E-state index in [9.17, 15) is 13.2 Å². The van der Waals surface area contributed by atoms with Crippen LogP contribution < -0.4 is 4.90 Å². The molecule has 7 nitrogen and oxygen atoms in total. The second kappa shape index (κ2) is 11.4. The van der Waals surface area contributed by atoms with Gasteiger partial charge in [0.05, 0.1) is 27.4 Å². The molecule has 0 bridgehead atoms. The number of nitrogens with zero attached hydrogens (tertiary/aromatic N) is 4. The summed E-state index contributed by atoms with van der Waals surface area (Å²) in [6.07, 6.45) is 1.69. The summed E-state index contributed by atoms with van der Waals surface area (Å²) in [5.41, 5.74) is 3.89. The molecule has 2 heterocycles. The van der Waals surface area contributed by atoms with Gasteiger partial charge in [0.25, 0.3) is 5.91 Å². The molecule has 0 saturated heterocycles. The van der Waals surface area contributed by atoms with Gasteiger partial charge in [0.2, 0.25) is 10.0 Å². The molecule has 1 amide bonds. The molecule has 0 aliphatic carbocycles. The van der Waals surface area contributed by atoms with E-state index in [-0.39, 0.29) is 23.9 Å². The van der Waals surface area contributed by atoms with Crippen LogP contribution in [-0.2, 0) is 23.1 Å². The van der Waals surface area contributed by atoms with E-state index in [0.29, 0.717) is 17.2 Å². The quantitative estimate of drug-likeness (QED) is 0.220. The number of rotatable bonds is 9. The molecule has 0 aliphatic rings. The minimum atomic E-state index is -3.75. The average Bonchev–Trinajstić information content (AvgIpc) is 3.41. The Balaban J connectivity index is 1.45. The van der Waals surface area contributed by atoms with Gasteiger partial charge in [-0.2, -0.15) is 4.31 Å². The van der Waals surface area contributed by atoms with Crippen LogP contribution in [0.2, 0.25) is 0 Å². The number of carbonyl (C=O) groups is 1. The first kappa shape index (κ1) is 26.7. The summed E-state index contributed by atoms with van der Waals surface area (Å²) in [5, 5.41) is 0.562. The van der Waals surface area contributed by atoms with Gasteiger partial charge in [-0.1, -0.05) is 66.8 Å². The molecule has 198 valence electrons. The second-order valence-electron chi connectivity index (χ2n) is 9.07. The summed E-state index contributed by atoms with van der Waals surface area (Å²) in [4.78, 5) is 24.7. The third-order valence-corrected chi connectivity index (χ3v) is 9.40. The van der Waals surface area contributed by atoms with Crippen LogP contribution in [0.4, 0.5) is 5.13 Å². The lowest BCUT2D eigenvalue weighted by Crippen LogP contribution is -2.31. The van der Waals surface area contributed by atoms with E-state index in [1.165, 1.54) is 27.8 Å². The highest BCUT2D eigenvalue weighted by Gasteiger charge is 2.26. The lowest BCUT2D eigenvalue weighted by Gasteiger charge is -2.22. The summed E-state index contributed by atoms with van der Waals surface area (Å²) < 4.78 is 29.2. The molecule has 5 aromatic rings. The van der Waals surface area contributed by atoms with Crippen LogP contribution in [-0.4, -0.2) is 35.1 Å². The fourth-order valence-electron chi connectivity index (χ4n) is 4.30. The molecule has 0 saturated carbocycles. The van der Waals surface area contributed by atoms with E-state index in [2.05, 4.69) is 4.98 Å². The van der Waals surface area contributed by atoms with Gasteiger partial charge in [-0.25, -0.2) is 13.4 Å². The molecule has 0 radical (unpaired) electrons. The van der Waals surface area contributed by atoms with Crippen molar-refractivity contribution in [3.05, 3.63) is 120 Å². The molecule has 0 aliphatic heterocycles. The SMILES string of the molecule is CCN(Cc1ccccc1)S(=O)(=O)c1ccc(C(=O)N(Cc2ccccn2)c2nc3c(C)cccc3s2)cc1. The van der Waals surface area contributed by atoms with Gasteiger partial charge in [0.15, 0.2) is 5.13 Å². The molecule has 39 heavy (non-hydrogen) atoms. The summed E-state index contributed by atoms with van der Waals surface area (Å²) in [6, 6.07) is 27.1. The molecule has 3 aromatic carbocycles. The number of hydrogen-bond acceptors (Lipinski definition) is 6. The Morgan fingerprint density at radius 1 is 0.872 bits per heavy atom. The van der Waals surface area contributed by atoms with E-state index >= 15 is 0 Å². The molecular weight excluding hydrogens is 528 g/mol. The van der Waals surface area contributed by atoms with Crippen LogP contribution in [0.5, 0.6) is 0 Å². The van der Waals surface area contributed by atoms with E-state index in [4.69, 9.17) is 4.98 Å². The van der Waals surface area contributed by atoms with Gasteiger partial charge in [0, 0.05) is 24.8 Å². The average molecular weight is 557 g/mol. The molecule has 0 spiro atoms. The number of sulfonamides is 1. The van der Waals surface area contributed by atoms with E-state index in [0.717, 1.165) is 27.0 Å². The second-order valence-corrected chi connectivity index (χ2v) is 12.0. The van der Waals surface area contributed by atoms with Crippen molar-refractivity contribution in [3.8, 4) is 0 Å². The third-order valence-electron chi connectivity index (χ3n) is 6.43. The molecule has 2 aromatic heterocycles. The number of para-hydroxylation sites is 1. The first-order valence-electron chi connectivity index (χ1n) is 12.6. The number of pyridine rings is 1. The van der Waals surface area contributed by atoms with Crippen molar-refractivity contribution in [2.45, 2.75) is 31.8 Å². The Bertz CT molecular complexity index is 1690. The Morgan fingerprint density at radius 3 is 2.28 bits per heavy atom. The maximum absolute atomic E-state index is 13.8. The van der Waals surface area contributed by atoms with Crippen molar-refractivity contribution >= 4 is 42.6 Å². The Hall–Kier alpha value is -3.92. The van der Waals surface area contributed by atoms with Crippen LogP contribution in [0, 0.1) is 6.92 Å². The van der Waals surface area contributed by atoms with Crippen molar-refractivity contribution in [3.63, 3.8) is 0 Å². The predicted octanol–water partition coefficient (Wildman–Crippen LogP) is 6.06. The number of thiazole rings is 1. The highest BCUT2D eigenvalue weighted by atomic mass is 32.2. The lowest BCUT2D eigenvalue weighted by atomic mass is 10.2. The van der Waals surface area contributed by atoms with Crippen molar-refractivity contribution < 1.29 is 13.2 Å². The Labute approximate surface area is 232 Å². The van der Waals surface area contributed by atoms with Crippen LogP contribution >= 0.6 is 11.3 Å². The number of carbonyl (C=O) groups excluding carboxylic acids is 1.